The number of hydrogen-bond acceptors (Lipinski definition) is 7. The molecule has 1 spiro atoms. The van der Waals surface area contributed by atoms with Crippen molar-refractivity contribution in [1.82, 2.24) is 40.4 Å². The highest BCUT2D eigenvalue weighted by Crippen LogP contribution is 2.52. The van der Waals surface area contributed by atoms with Gasteiger partial charge in [-0.05, 0) is 104 Å². The lowest BCUT2D eigenvalue weighted by molar-refractivity contribution is -0.136. The predicted octanol–water partition coefficient (Wildman–Crippen LogP) is 5.69. The van der Waals surface area contributed by atoms with Crippen LogP contribution >= 0.6 is 0 Å². The molecule has 4 atom stereocenters. The number of carbonyl (C=O) groups excluding carboxylic acids is 3. The molecule has 306 valence electrons. The topological polar surface area (TPSA) is 186 Å². The van der Waals surface area contributed by atoms with Crippen LogP contribution in [-0.2, 0) is 26.2 Å². The number of imidazole rings is 2. The fraction of sp³-hybridized carbons (Fsp3) is 0.545. The number of carbonyl (C=O) groups is 4. The fourth-order valence-corrected chi connectivity index (χ4v) is 9.52. The third-order valence-electron chi connectivity index (χ3n) is 12.4. The van der Waals surface area contributed by atoms with Crippen LogP contribution in [0.3, 0.4) is 0 Å². The number of amides is 4. The number of aromatic amines is 2. The van der Waals surface area contributed by atoms with Gasteiger partial charge in [-0.1, -0.05) is 52.4 Å². The standard InChI is InChI=1S/C44H54N8O6/c1-26(2)36(49-42(55)56)40(53)51-22-8-10-33(51)38-46-25-31(48-38)17-15-29-13-12-28(32-18-21-44(35(29)32)19-6-7-20-44)14-16-30-24-45-39(47-30)34-11-9-23-52(34)41(54)37(27(3)4)50-43(57)58-5/h12-13,24-27,33-34,36-37,49H,6-11,18-23H2,1-5H3,(H,45,47)(H,46,48)(H,50,57)(H,55,56)/t33-,34-,36-,37-/m0/s1. The highest BCUT2D eigenvalue weighted by molar-refractivity contribution is 5.87. The molecule has 1 aromatic carbocycles. The quantitative estimate of drug-likeness (QED) is 0.180. The molecule has 14 nitrogen and oxygen atoms in total. The van der Waals surface area contributed by atoms with Gasteiger partial charge in [0.1, 0.15) is 35.1 Å². The van der Waals surface area contributed by atoms with E-state index in [-0.39, 0.29) is 41.1 Å². The monoisotopic (exact) mass is 790 g/mol. The van der Waals surface area contributed by atoms with Crippen molar-refractivity contribution in [2.45, 2.75) is 121 Å². The maximum atomic E-state index is 13.6. The van der Waals surface area contributed by atoms with Crippen LogP contribution in [-0.4, -0.2) is 91.1 Å². The summed E-state index contributed by atoms with van der Waals surface area (Å²) in [5.41, 5.74) is 5.98. The van der Waals surface area contributed by atoms with Crippen LogP contribution in [0.2, 0.25) is 0 Å². The number of nitrogens with one attached hydrogen (secondary N) is 4. The lowest BCUT2D eigenvalue weighted by Gasteiger charge is -2.29. The lowest BCUT2D eigenvalue weighted by atomic mass is 9.77. The number of likely N-dealkylation sites (tertiary alicyclic amines) is 2. The van der Waals surface area contributed by atoms with Gasteiger partial charge in [0.2, 0.25) is 11.8 Å². The molecule has 7 rings (SSSR count). The van der Waals surface area contributed by atoms with Crippen molar-refractivity contribution < 1.29 is 29.0 Å². The van der Waals surface area contributed by atoms with Crippen LogP contribution in [0.15, 0.2) is 24.5 Å². The lowest BCUT2D eigenvalue weighted by Crippen LogP contribution is -2.51. The maximum Gasteiger partial charge on any atom is 0.407 e. The second-order valence-electron chi connectivity index (χ2n) is 16.8. The molecule has 0 bridgehead atoms. The fourth-order valence-electron chi connectivity index (χ4n) is 9.52. The van der Waals surface area contributed by atoms with Crippen molar-refractivity contribution in [2.75, 3.05) is 20.2 Å². The highest BCUT2D eigenvalue weighted by atomic mass is 16.5. The van der Waals surface area contributed by atoms with Gasteiger partial charge in [-0.25, -0.2) is 19.6 Å². The third kappa shape index (κ3) is 8.15. The first kappa shape index (κ1) is 40.4. The number of hydrogen-bond donors (Lipinski definition) is 5. The van der Waals surface area contributed by atoms with Gasteiger partial charge in [0, 0.05) is 24.2 Å². The van der Waals surface area contributed by atoms with Crippen LogP contribution in [0.25, 0.3) is 0 Å². The van der Waals surface area contributed by atoms with E-state index in [2.05, 4.69) is 66.4 Å². The van der Waals surface area contributed by atoms with Crippen LogP contribution in [0.1, 0.15) is 143 Å². The first-order valence-electron chi connectivity index (χ1n) is 20.6. The number of methoxy groups -OCH3 is 1. The molecule has 4 heterocycles. The highest BCUT2D eigenvalue weighted by Gasteiger charge is 2.43. The summed E-state index contributed by atoms with van der Waals surface area (Å²) >= 11 is 0. The first-order chi connectivity index (χ1) is 27.9. The minimum Gasteiger partial charge on any atom is -0.465 e. The van der Waals surface area contributed by atoms with Crippen molar-refractivity contribution in [1.29, 1.82) is 0 Å². The molecule has 2 aromatic heterocycles. The van der Waals surface area contributed by atoms with E-state index in [4.69, 9.17) is 4.74 Å². The van der Waals surface area contributed by atoms with Crippen molar-refractivity contribution in [3.63, 3.8) is 0 Å². The Morgan fingerprint density at radius 3 is 1.81 bits per heavy atom. The number of carboxylic acid groups (broad SMARTS) is 1. The van der Waals surface area contributed by atoms with E-state index >= 15 is 0 Å². The summed E-state index contributed by atoms with van der Waals surface area (Å²) in [6.07, 6.45) is 11.4. The minimum absolute atomic E-state index is 0.0913. The molecule has 0 unspecified atom stereocenters. The van der Waals surface area contributed by atoms with E-state index in [1.165, 1.54) is 31.1 Å². The number of alkyl carbamates (subject to hydrolysis) is 1. The van der Waals surface area contributed by atoms with E-state index < -0.39 is 24.3 Å². The Morgan fingerprint density at radius 2 is 1.29 bits per heavy atom. The smallest absolute Gasteiger partial charge is 0.407 e. The number of fused-ring (bicyclic) bond motifs is 2. The maximum absolute atomic E-state index is 13.6. The zero-order valence-electron chi connectivity index (χ0n) is 34.0. The summed E-state index contributed by atoms with van der Waals surface area (Å²) in [6, 6.07) is 2.11. The molecule has 3 fully saturated rings. The van der Waals surface area contributed by atoms with Crippen LogP contribution in [0, 0.1) is 35.5 Å². The molecular formula is C44H54N8O6. The van der Waals surface area contributed by atoms with Crippen LogP contribution < -0.4 is 10.6 Å². The summed E-state index contributed by atoms with van der Waals surface area (Å²) in [4.78, 5) is 70.0. The minimum atomic E-state index is -1.22. The number of benzene rings is 1. The van der Waals surface area contributed by atoms with Crippen molar-refractivity contribution >= 4 is 24.0 Å². The second-order valence-corrected chi connectivity index (χ2v) is 16.8. The van der Waals surface area contributed by atoms with Gasteiger partial charge in [-0.15, -0.1) is 0 Å². The Bertz CT molecular complexity index is 2180. The van der Waals surface area contributed by atoms with Crippen molar-refractivity contribution in [3.05, 3.63) is 69.8 Å². The molecule has 58 heavy (non-hydrogen) atoms. The summed E-state index contributed by atoms with van der Waals surface area (Å²) in [5.74, 6) is 14.2. The van der Waals surface area contributed by atoms with Crippen LogP contribution in [0.5, 0.6) is 0 Å². The molecule has 4 amide bonds. The van der Waals surface area contributed by atoms with E-state index in [1.54, 1.807) is 22.2 Å². The zero-order valence-corrected chi connectivity index (χ0v) is 34.0. The molecule has 1 saturated carbocycles. The molecule has 0 radical (unpaired) electrons. The second kappa shape index (κ2) is 17.0. The molecular weight excluding hydrogens is 737 g/mol. The van der Waals surface area contributed by atoms with E-state index in [1.807, 2.05) is 27.7 Å². The molecule has 5 N–H and O–H groups in total. The predicted molar refractivity (Wildman–Crippen MR) is 215 cm³/mol. The summed E-state index contributed by atoms with van der Waals surface area (Å²) in [5, 5.41) is 14.4. The molecule has 2 saturated heterocycles. The number of nitrogens with zero attached hydrogens (tertiary/aromatic N) is 4. The van der Waals surface area contributed by atoms with Gasteiger partial charge in [0.05, 0.1) is 31.6 Å². The van der Waals surface area contributed by atoms with Gasteiger partial charge < -0.3 is 40.2 Å². The van der Waals surface area contributed by atoms with Crippen molar-refractivity contribution in [3.8, 4) is 23.7 Å². The number of ether oxygens (including phenoxy) is 1. The average Bonchev–Trinajstić information content (AvgIpc) is 4.06. The zero-order chi connectivity index (χ0) is 41.1. The van der Waals surface area contributed by atoms with E-state index in [0.717, 1.165) is 62.5 Å². The largest absolute Gasteiger partial charge is 0.465 e. The summed E-state index contributed by atoms with van der Waals surface area (Å²) < 4.78 is 4.77. The van der Waals surface area contributed by atoms with Gasteiger partial charge in [0.15, 0.2) is 0 Å². The summed E-state index contributed by atoms with van der Waals surface area (Å²) in [6.45, 7) is 8.58. The molecule has 4 aliphatic rings. The SMILES string of the molecule is COC(=O)N[C@H](C(=O)N1CCC[C@H]1c1ncc(C#Cc2ccc(C#Cc3cnc([C@@H]4CCCN4C(=O)[C@@H](NC(=O)O)C(C)C)[nH]3)c3c2CCC32CCCC2)[nH]1)C(C)C. The van der Waals surface area contributed by atoms with Gasteiger partial charge in [0.25, 0.3) is 0 Å². The van der Waals surface area contributed by atoms with E-state index in [9.17, 15) is 24.3 Å². The third-order valence-corrected chi connectivity index (χ3v) is 12.4. The van der Waals surface area contributed by atoms with Gasteiger partial charge in [-0.2, -0.15) is 0 Å². The van der Waals surface area contributed by atoms with E-state index in [0.29, 0.717) is 36.1 Å². The van der Waals surface area contributed by atoms with Crippen molar-refractivity contribution in [2.24, 2.45) is 11.8 Å². The van der Waals surface area contributed by atoms with Crippen LogP contribution in [0.4, 0.5) is 9.59 Å². The Balaban J connectivity index is 1.11. The Kier molecular flexibility index (Phi) is 11.8. The molecule has 2 aliphatic carbocycles. The molecule has 14 heteroatoms. The Hall–Kier alpha value is -5.76. The Morgan fingerprint density at radius 1 is 0.776 bits per heavy atom. The molecule has 3 aromatic rings. The van der Waals surface area contributed by atoms with Gasteiger partial charge >= 0.3 is 12.2 Å². The summed E-state index contributed by atoms with van der Waals surface area (Å²) in [7, 11) is 1.29. The average molecular weight is 791 g/mol. The number of aromatic nitrogens is 4. The number of H-pyrrole nitrogens is 2. The van der Waals surface area contributed by atoms with Gasteiger partial charge in [-0.3, -0.25) is 9.59 Å². The first-order valence-corrected chi connectivity index (χ1v) is 20.6. The number of rotatable bonds is 8. The molecule has 2 aliphatic heterocycles. The normalized spacial score (nSPS) is 20.3. The Labute approximate surface area is 339 Å².